The lowest BCUT2D eigenvalue weighted by molar-refractivity contribution is -0.130. The van der Waals surface area contributed by atoms with Crippen molar-refractivity contribution < 1.29 is 14.3 Å². The van der Waals surface area contributed by atoms with Crippen molar-refractivity contribution >= 4 is 29.1 Å². The third-order valence-corrected chi connectivity index (χ3v) is 3.98. The largest absolute Gasteiger partial charge is 0.478 e. The summed E-state index contributed by atoms with van der Waals surface area (Å²) in [5, 5.41) is 6.24. The van der Waals surface area contributed by atoms with Crippen LogP contribution in [0.2, 0.25) is 5.02 Å². The molecule has 1 atom stereocenters. The van der Waals surface area contributed by atoms with Gasteiger partial charge in [0, 0.05) is 11.6 Å². The van der Waals surface area contributed by atoms with Crippen molar-refractivity contribution in [2.75, 3.05) is 11.9 Å². The number of rotatable bonds is 5. The van der Waals surface area contributed by atoms with E-state index in [1.165, 1.54) is 0 Å². The van der Waals surface area contributed by atoms with E-state index in [1.54, 1.807) is 12.1 Å². The SMILES string of the molecule is O=C(C[C@@H]1Oc2ccccc2NC1=O)NCCc1ccc(Cl)cc1. The van der Waals surface area contributed by atoms with Crippen molar-refractivity contribution in [3.63, 3.8) is 0 Å². The zero-order chi connectivity index (χ0) is 16.9. The summed E-state index contributed by atoms with van der Waals surface area (Å²) in [7, 11) is 0. The van der Waals surface area contributed by atoms with E-state index < -0.39 is 6.10 Å². The normalized spacial score (nSPS) is 15.9. The van der Waals surface area contributed by atoms with Crippen molar-refractivity contribution in [2.24, 2.45) is 0 Å². The molecule has 0 aromatic heterocycles. The molecule has 0 bridgehead atoms. The lowest BCUT2D eigenvalue weighted by Gasteiger charge is -2.25. The Hall–Kier alpha value is -2.53. The second kappa shape index (κ2) is 7.36. The number of amides is 2. The van der Waals surface area contributed by atoms with Gasteiger partial charge in [-0.05, 0) is 36.2 Å². The van der Waals surface area contributed by atoms with Gasteiger partial charge >= 0.3 is 0 Å². The molecule has 0 unspecified atom stereocenters. The lowest BCUT2D eigenvalue weighted by Crippen LogP contribution is -2.41. The molecular formula is C18H17ClN2O3. The fourth-order valence-corrected chi connectivity index (χ4v) is 2.59. The Morgan fingerprint density at radius 1 is 1.17 bits per heavy atom. The third-order valence-electron chi connectivity index (χ3n) is 3.73. The summed E-state index contributed by atoms with van der Waals surface area (Å²) in [6.07, 6.45) is -0.125. The number of carbonyl (C=O) groups excluding carboxylic acids is 2. The van der Waals surface area contributed by atoms with Crippen molar-refractivity contribution in [1.82, 2.24) is 5.32 Å². The average molecular weight is 345 g/mol. The zero-order valence-corrected chi connectivity index (χ0v) is 13.7. The number of hydrogen-bond donors (Lipinski definition) is 2. The van der Waals surface area contributed by atoms with Crippen LogP contribution in [0.1, 0.15) is 12.0 Å². The summed E-state index contributed by atoms with van der Waals surface area (Å²) in [5.41, 5.74) is 1.71. The Labute approximate surface area is 145 Å². The van der Waals surface area contributed by atoms with Crippen molar-refractivity contribution in [1.29, 1.82) is 0 Å². The standard InChI is InChI=1S/C18H17ClN2O3/c19-13-7-5-12(6-8-13)9-10-20-17(22)11-16-18(23)21-14-3-1-2-4-15(14)24-16/h1-8,16H,9-11H2,(H,20,22)(H,21,23)/t16-/m0/s1. The Balaban J connectivity index is 1.48. The van der Waals surface area contributed by atoms with Crippen LogP contribution in [-0.4, -0.2) is 24.5 Å². The van der Waals surface area contributed by atoms with E-state index >= 15 is 0 Å². The van der Waals surface area contributed by atoms with Gasteiger partial charge in [-0.25, -0.2) is 0 Å². The van der Waals surface area contributed by atoms with Crippen LogP contribution in [0.5, 0.6) is 5.75 Å². The van der Waals surface area contributed by atoms with Crippen LogP contribution in [0.15, 0.2) is 48.5 Å². The van der Waals surface area contributed by atoms with E-state index in [0.717, 1.165) is 5.56 Å². The lowest BCUT2D eigenvalue weighted by atomic mass is 10.1. The number of nitrogens with one attached hydrogen (secondary N) is 2. The van der Waals surface area contributed by atoms with E-state index in [9.17, 15) is 9.59 Å². The van der Waals surface area contributed by atoms with E-state index in [0.29, 0.717) is 29.4 Å². The second-order valence-electron chi connectivity index (χ2n) is 5.52. The first-order valence-corrected chi connectivity index (χ1v) is 8.07. The molecule has 2 aromatic carbocycles. The first-order valence-electron chi connectivity index (χ1n) is 7.69. The molecule has 1 aliphatic rings. The number of hydrogen-bond acceptors (Lipinski definition) is 3. The van der Waals surface area contributed by atoms with Crippen molar-refractivity contribution in [2.45, 2.75) is 18.9 Å². The molecule has 3 rings (SSSR count). The van der Waals surface area contributed by atoms with Crippen molar-refractivity contribution in [3.05, 3.63) is 59.1 Å². The molecule has 1 aliphatic heterocycles. The summed E-state index contributed by atoms with van der Waals surface area (Å²) in [6.45, 7) is 0.491. The topological polar surface area (TPSA) is 67.4 Å². The predicted molar refractivity (Wildman–Crippen MR) is 92.3 cm³/mol. The predicted octanol–water partition coefficient (Wildman–Crippen LogP) is 2.79. The van der Waals surface area contributed by atoms with Gasteiger partial charge in [-0.3, -0.25) is 9.59 Å². The number of ether oxygens (including phenoxy) is 1. The van der Waals surface area contributed by atoms with Gasteiger partial charge in [-0.1, -0.05) is 35.9 Å². The van der Waals surface area contributed by atoms with Crippen LogP contribution in [0.3, 0.4) is 0 Å². The number of halogens is 1. The monoisotopic (exact) mass is 344 g/mol. The number of para-hydroxylation sites is 2. The van der Waals surface area contributed by atoms with Gasteiger partial charge in [-0.2, -0.15) is 0 Å². The van der Waals surface area contributed by atoms with Crippen LogP contribution >= 0.6 is 11.6 Å². The summed E-state index contributed by atoms with van der Waals surface area (Å²) in [6, 6.07) is 14.6. The van der Waals surface area contributed by atoms with Crippen LogP contribution in [0, 0.1) is 0 Å². The Morgan fingerprint density at radius 2 is 1.92 bits per heavy atom. The molecule has 2 N–H and O–H groups in total. The van der Waals surface area contributed by atoms with Gasteiger partial charge in [0.15, 0.2) is 6.10 Å². The third kappa shape index (κ3) is 4.06. The number of benzene rings is 2. The fourth-order valence-electron chi connectivity index (χ4n) is 2.46. The molecule has 0 fully saturated rings. The number of anilines is 1. The molecule has 0 saturated heterocycles. The van der Waals surface area contributed by atoms with Gasteiger partial charge in [0.2, 0.25) is 5.91 Å². The van der Waals surface area contributed by atoms with Gasteiger partial charge < -0.3 is 15.4 Å². The highest BCUT2D eigenvalue weighted by molar-refractivity contribution is 6.30. The first kappa shape index (κ1) is 16.3. The highest BCUT2D eigenvalue weighted by Crippen LogP contribution is 2.29. The molecule has 0 saturated carbocycles. The molecule has 124 valence electrons. The van der Waals surface area contributed by atoms with Crippen LogP contribution in [0.25, 0.3) is 0 Å². The fraction of sp³-hybridized carbons (Fsp3) is 0.222. The van der Waals surface area contributed by atoms with Crippen LogP contribution < -0.4 is 15.4 Å². The van der Waals surface area contributed by atoms with E-state index in [2.05, 4.69) is 10.6 Å². The molecule has 6 heteroatoms. The minimum absolute atomic E-state index is 0.0131. The summed E-state index contributed by atoms with van der Waals surface area (Å²) in [4.78, 5) is 24.0. The molecule has 0 spiro atoms. The van der Waals surface area contributed by atoms with Gasteiger partial charge in [0.25, 0.3) is 5.91 Å². The molecule has 5 nitrogen and oxygen atoms in total. The minimum atomic E-state index is -0.810. The molecular weight excluding hydrogens is 328 g/mol. The molecule has 1 heterocycles. The summed E-state index contributed by atoms with van der Waals surface area (Å²) in [5.74, 6) is 0.0566. The smallest absolute Gasteiger partial charge is 0.266 e. The Morgan fingerprint density at radius 3 is 2.71 bits per heavy atom. The maximum absolute atomic E-state index is 12.0. The maximum atomic E-state index is 12.0. The molecule has 2 aromatic rings. The molecule has 0 radical (unpaired) electrons. The molecule has 0 aliphatic carbocycles. The highest BCUT2D eigenvalue weighted by atomic mass is 35.5. The van der Waals surface area contributed by atoms with Crippen LogP contribution in [0.4, 0.5) is 5.69 Å². The minimum Gasteiger partial charge on any atom is -0.478 e. The van der Waals surface area contributed by atoms with Crippen LogP contribution in [-0.2, 0) is 16.0 Å². The summed E-state index contributed by atoms with van der Waals surface area (Å²) < 4.78 is 5.61. The van der Waals surface area contributed by atoms with E-state index in [1.807, 2.05) is 36.4 Å². The Bertz CT molecular complexity index is 746. The average Bonchev–Trinajstić information content (AvgIpc) is 2.57. The van der Waals surface area contributed by atoms with E-state index in [4.69, 9.17) is 16.3 Å². The Kier molecular flexibility index (Phi) is 5.01. The van der Waals surface area contributed by atoms with Gasteiger partial charge in [0.1, 0.15) is 5.75 Å². The van der Waals surface area contributed by atoms with Crippen molar-refractivity contribution in [3.8, 4) is 5.75 Å². The zero-order valence-electron chi connectivity index (χ0n) is 12.9. The summed E-state index contributed by atoms with van der Waals surface area (Å²) >= 11 is 5.83. The highest BCUT2D eigenvalue weighted by Gasteiger charge is 2.29. The second-order valence-corrected chi connectivity index (χ2v) is 5.96. The maximum Gasteiger partial charge on any atom is 0.266 e. The van der Waals surface area contributed by atoms with Gasteiger partial charge in [0.05, 0.1) is 12.1 Å². The molecule has 2 amide bonds. The quantitative estimate of drug-likeness (QED) is 0.876. The number of carbonyl (C=O) groups is 2. The molecule has 24 heavy (non-hydrogen) atoms. The first-order chi connectivity index (χ1) is 11.6. The van der Waals surface area contributed by atoms with E-state index in [-0.39, 0.29) is 18.2 Å². The van der Waals surface area contributed by atoms with Gasteiger partial charge in [-0.15, -0.1) is 0 Å². The number of fused-ring (bicyclic) bond motifs is 1.